The van der Waals surface area contributed by atoms with Crippen LogP contribution in [0.3, 0.4) is 0 Å². The van der Waals surface area contributed by atoms with Crippen LogP contribution in [0.4, 0.5) is 5.69 Å². The quantitative estimate of drug-likeness (QED) is 0.703. The molecule has 1 aliphatic heterocycles. The zero-order valence-electron chi connectivity index (χ0n) is 15.1. The minimum atomic E-state index is -3.58. The van der Waals surface area contributed by atoms with Gasteiger partial charge in [-0.05, 0) is 51.1 Å². The van der Waals surface area contributed by atoms with Gasteiger partial charge in [-0.1, -0.05) is 0 Å². The molecule has 0 aliphatic carbocycles. The van der Waals surface area contributed by atoms with Gasteiger partial charge >= 0.3 is 5.97 Å². The lowest BCUT2D eigenvalue weighted by Gasteiger charge is -2.34. The molecule has 0 spiro atoms. The first-order valence-electron chi connectivity index (χ1n) is 8.31. The standard InChI is InChI=1S/C17H24N2O6S/c1-4-25-15(20)12-9-13(11-14(10-12)26(3,22)23)19-16(21)17(24-2)5-7-18-8-6-17/h9-11,18H,4-8H2,1-3H3,(H,19,21). The number of nitrogens with one attached hydrogen (secondary N) is 2. The summed E-state index contributed by atoms with van der Waals surface area (Å²) in [6.07, 6.45) is 2.02. The highest BCUT2D eigenvalue weighted by molar-refractivity contribution is 7.90. The number of carbonyl (C=O) groups excluding carboxylic acids is 2. The van der Waals surface area contributed by atoms with Gasteiger partial charge < -0.3 is 20.1 Å². The highest BCUT2D eigenvalue weighted by Crippen LogP contribution is 2.26. The van der Waals surface area contributed by atoms with Crippen LogP contribution >= 0.6 is 0 Å². The Labute approximate surface area is 153 Å². The second-order valence-electron chi connectivity index (χ2n) is 6.14. The maximum atomic E-state index is 12.8. The lowest BCUT2D eigenvalue weighted by atomic mass is 9.91. The van der Waals surface area contributed by atoms with Crippen molar-refractivity contribution in [2.45, 2.75) is 30.3 Å². The predicted octanol–water partition coefficient (Wildman–Crippen LogP) is 0.974. The lowest BCUT2D eigenvalue weighted by Crippen LogP contribution is -2.51. The lowest BCUT2D eigenvalue weighted by molar-refractivity contribution is -0.140. The minimum absolute atomic E-state index is 0.0573. The summed E-state index contributed by atoms with van der Waals surface area (Å²) in [5.74, 6) is -1.03. The number of amides is 1. The van der Waals surface area contributed by atoms with E-state index in [1.807, 2.05) is 0 Å². The van der Waals surface area contributed by atoms with Gasteiger partial charge in [-0.15, -0.1) is 0 Å². The molecule has 8 nitrogen and oxygen atoms in total. The van der Waals surface area contributed by atoms with Crippen LogP contribution in [0.2, 0.25) is 0 Å². The highest BCUT2D eigenvalue weighted by Gasteiger charge is 2.39. The van der Waals surface area contributed by atoms with E-state index in [0.29, 0.717) is 25.9 Å². The van der Waals surface area contributed by atoms with E-state index in [9.17, 15) is 18.0 Å². The Bertz CT molecular complexity index is 784. The van der Waals surface area contributed by atoms with Crippen molar-refractivity contribution in [1.82, 2.24) is 5.32 Å². The van der Waals surface area contributed by atoms with Gasteiger partial charge in [-0.2, -0.15) is 0 Å². The predicted molar refractivity (Wildman–Crippen MR) is 96.0 cm³/mol. The number of esters is 1. The number of hydrogen-bond acceptors (Lipinski definition) is 7. The molecular formula is C17H24N2O6S. The number of rotatable bonds is 6. The van der Waals surface area contributed by atoms with E-state index in [-0.39, 0.29) is 28.7 Å². The minimum Gasteiger partial charge on any atom is -0.462 e. The zero-order chi connectivity index (χ0) is 19.4. The van der Waals surface area contributed by atoms with E-state index in [0.717, 1.165) is 6.26 Å². The molecule has 26 heavy (non-hydrogen) atoms. The SMILES string of the molecule is CCOC(=O)c1cc(NC(=O)C2(OC)CCNCC2)cc(S(C)(=O)=O)c1. The van der Waals surface area contributed by atoms with Gasteiger partial charge in [0.1, 0.15) is 5.60 Å². The summed E-state index contributed by atoms with van der Waals surface area (Å²) >= 11 is 0. The second kappa shape index (κ2) is 8.15. The smallest absolute Gasteiger partial charge is 0.338 e. The van der Waals surface area contributed by atoms with Gasteiger partial charge in [0.05, 0.1) is 17.1 Å². The van der Waals surface area contributed by atoms with Gasteiger partial charge in [0.25, 0.3) is 5.91 Å². The fourth-order valence-corrected chi connectivity index (χ4v) is 3.50. The summed E-state index contributed by atoms with van der Waals surface area (Å²) in [6, 6.07) is 3.95. The second-order valence-corrected chi connectivity index (χ2v) is 8.16. The van der Waals surface area contributed by atoms with Crippen molar-refractivity contribution in [3.8, 4) is 0 Å². The van der Waals surface area contributed by atoms with Crippen molar-refractivity contribution < 1.29 is 27.5 Å². The number of methoxy groups -OCH3 is 1. The molecule has 1 aromatic carbocycles. The summed E-state index contributed by atoms with van der Waals surface area (Å²) in [4.78, 5) is 24.7. The van der Waals surface area contributed by atoms with Crippen molar-refractivity contribution in [2.75, 3.05) is 38.4 Å². The molecule has 1 amide bonds. The molecule has 0 bridgehead atoms. The number of ether oxygens (including phenoxy) is 2. The van der Waals surface area contributed by atoms with E-state index in [1.54, 1.807) is 6.92 Å². The third kappa shape index (κ3) is 4.60. The number of sulfone groups is 1. The number of hydrogen-bond donors (Lipinski definition) is 2. The Morgan fingerprint density at radius 2 is 1.88 bits per heavy atom. The van der Waals surface area contributed by atoms with Crippen LogP contribution < -0.4 is 10.6 Å². The van der Waals surface area contributed by atoms with Crippen LogP contribution in [0.5, 0.6) is 0 Å². The van der Waals surface area contributed by atoms with Crippen LogP contribution in [0.1, 0.15) is 30.1 Å². The first kappa shape index (κ1) is 20.3. The van der Waals surface area contributed by atoms with Crippen molar-refractivity contribution >= 4 is 27.4 Å². The molecule has 1 saturated heterocycles. The molecule has 144 valence electrons. The topological polar surface area (TPSA) is 111 Å². The van der Waals surface area contributed by atoms with E-state index in [4.69, 9.17) is 9.47 Å². The van der Waals surface area contributed by atoms with Gasteiger partial charge in [-0.25, -0.2) is 13.2 Å². The molecule has 0 atom stereocenters. The van der Waals surface area contributed by atoms with Crippen LogP contribution in [-0.4, -0.2) is 59.0 Å². The normalized spacial score (nSPS) is 16.7. The van der Waals surface area contributed by atoms with E-state index < -0.39 is 21.4 Å². The largest absolute Gasteiger partial charge is 0.462 e. The summed E-state index contributed by atoms with van der Waals surface area (Å²) in [5, 5.41) is 5.85. The Balaban J connectivity index is 2.37. The van der Waals surface area contributed by atoms with Gasteiger partial charge in [0.2, 0.25) is 0 Å². The highest BCUT2D eigenvalue weighted by atomic mass is 32.2. The maximum absolute atomic E-state index is 12.8. The fraction of sp³-hybridized carbons (Fsp3) is 0.529. The summed E-state index contributed by atoms with van der Waals surface area (Å²) in [7, 11) is -2.10. The van der Waals surface area contributed by atoms with Gasteiger partial charge in [0, 0.05) is 19.1 Å². The molecule has 0 radical (unpaired) electrons. The molecule has 1 heterocycles. The molecular weight excluding hydrogens is 360 g/mol. The molecule has 0 aromatic heterocycles. The maximum Gasteiger partial charge on any atom is 0.338 e. The van der Waals surface area contributed by atoms with E-state index in [1.165, 1.54) is 25.3 Å². The average Bonchev–Trinajstić information content (AvgIpc) is 2.61. The van der Waals surface area contributed by atoms with Crippen LogP contribution in [0.25, 0.3) is 0 Å². The Morgan fingerprint density at radius 3 is 2.42 bits per heavy atom. The molecule has 2 rings (SSSR count). The third-order valence-corrected chi connectivity index (χ3v) is 5.41. The van der Waals surface area contributed by atoms with Crippen molar-refractivity contribution in [3.05, 3.63) is 23.8 Å². The molecule has 0 saturated carbocycles. The average molecular weight is 384 g/mol. The Morgan fingerprint density at radius 1 is 1.23 bits per heavy atom. The fourth-order valence-electron chi connectivity index (χ4n) is 2.82. The zero-order valence-corrected chi connectivity index (χ0v) is 15.9. The van der Waals surface area contributed by atoms with Gasteiger partial charge in [0.15, 0.2) is 9.84 Å². The molecule has 1 aliphatic rings. The van der Waals surface area contributed by atoms with Crippen molar-refractivity contribution in [2.24, 2.45) is 0 Å². The molecule has 1 fully saturated rings. The first-order valence-corrected chi connectivity index (χ1v) is 10.2. The van der Waals surface area contributed by atoms with E-state index in [2.05, 4.69) is 10.6 Å². The number of piperidine rings is 1. The third-order valence-electron chi connectivity index (χ3n) is 4.32. The van der Waals surface area contributed by atoms with Crippen LogP contribution in [-0.2, 0) is 24.1 Å². The summed E-state index contributed by atoms with van der Waals surface area (Å²) in [6.45, 7) is 3.08. The molecule has 2 N–H and O–H groups in total. The van der Waals surface area contributed by atoms with Crippen molar-refractivity contribution in [1.29, 1.82) is 0 Å². The monoisotopic (exact) mass is 384 g/mol. The van der Waals surface area contributed by atoms with Crippen LogP contribution in [0.15, 0.2) is 23.1 Å². The first-order chi connectivity index (χ1) is 12.2. The summed E-state index contributed by atoms with van der Waals surface area (Å²) in [5.41, 5.74) is -0.728. The Hall–Kier alpha value is -1.97. The summed E-state index contributed by atoms with van der Waals surface area (Å²) < 4.78 is 34.3. The van der Waals surface area contributed by atoms with E-state index >= 15 is 0 Å². The number of benzene rings is 1. The van der Waals surface area contributed by atoms with Crippen molar-refractivity contribution in [3.63, 3.8) is 0 Å². The molecule has 1 aromatic rings. The number of carbonyl (C=O) groups is 2. The van der Waals surface area contributed by atoms with Gasteiger partial charge in [-0.3, -0.25) is 4.79 Å². The Kier molecular flexibility index (Phi) is 6.38. The number of anilines is 1. The molecule has 0 unspecified atom stereocenters. The van der Waals surface area contributed by atoms with Crippen LogP contribution in [0, 0.1) is 0 Å². The molecule has 9 heteroatoms.